The Hall–Kier alpha value is -1.88. The van der Waals surface area contributed by atoms with Crippen LogP contribution in [0.15, 0.2) is 24.5 Å². The highest BCUT2D eigenvalue weighted by molar-refractivity contribution is 6.16. The Labute approximate surface area is 115 Å². The molecule has 1 aromatic carbocycles. The van der Waals surface area contributed by atoms with E-state index in [1.807, 2.05) is 19.2 Å². The predicted octanol–water partition coefficient (Wildman–Crippen LogP) is 2.26. The summed E-state index contributed by atoms with van der Waals surface area (Å²) in [7, 11) is 1.86. The van der Waals surface area contributed by atoms with Gasteiger partial charge in [0.25, 0.3) is 0 Å². The first-order chi connectivity index (χ1) is 9.19. The second kappa shape index (κ2) is 4.66. The number of hydrogen-bond acceptors (Lipinski definition) is 3. The SMILES string of the molecule is Cc1cccc2nc(CCl)n(Cc3ncn(C)n3)c12. The van der Waals surface area contributed by atoms with Gasteiger partial charge in [-0.05, 0) is 18.6 Å². The van der Waals surface area contributed by atoms with Crippen molar-refractivity contribution in [1.29, 1.82) is 0 Å². The first-order valence-corrected chi connectivity index (χ1v) is 6.57. The van der Waals surface area contributed by atoms with Crippen LogP contribution in [-0.4, -0.2) is 24.3 Å². The molecule has 0 radical (unpaired) electrons. The molecule has 0 spiro atoms. The Bertz CT molecular complexity index is 728. The zero-order chi connectivity index (χ0) is 13.4. The molecule has 0 N–H and O–H groups in total. The van der Waals surface area contributed by atoms with E-state index in [-0.39, 0.29) is 0 Å². The molecule has 0 saturated carbocycles. The van der Waals surface area contributed by atoms with Crippen LogP contribution in [0.3, 0.4) is 0 Å². The normalized spacial score (nSPS) is 11.3. The monoisotopic (exact) mass is 275 g/mol. The van der Waals surface area contributed by atoms with Gasteiger partial charge in [0, 0.05) is 7.05 Å². The van der Waals surface area contributed by atoms with Crippen molar-refractivity contribution >= 4 is 22.6 Å². The van der Waals surface area contributed by atoms with Crippen LogP contribution in [0.25, 0.3) is 11.0 Å². The van der Waals surface area contributed by atoms with E-state index in [1.54, 1.807) is 11.0 Å². The van der Waals surface area contributed by atoms with Crippen molar-refractivity contribution < 1.29 is 0 Å². The average molecular weight is 276 g/mol. The molecule has 98 valence electrons. The minimum atomic E-state index is 0.376. The third-order valence-corrected chi connectivity index (χ3v) is 3.35. The maximum absolute atomic E-state index is 6.00. The largest absolute Gasteiger partial charge is 0.319 e. The first-order valence-electron chi connectivity index (χ1n) is 6.04. The second-order valence-corrected chi connectivity index (χ2v) is 4.79. The lowest BCUT2D eigenvalue weighted by atomic mass is 10.2. The molecule has 0 saturated heterocycles. The number of para-hydroxylation sites is 1. The Morgan fingerprint density at radius 3 is 2.84 bits per heavy atom. The number of rotatable bonds is 3. The van der Waals surface area contributed by atoms with Gasteiger partial charge in [-0.25, -0.2) is 9.97 Å². The highest BCUT2D eigenvalue weighted by Crippen LogP contribution is 2.21. The van der Waals surface area contributed by atoms with E-state index in [0.717, 1.165) is 22.7 Å². The van der Waals surface area contributed by atoms with Gasteiger partial charge < -0.3 is 4.57 Å². The second-order valence-electron chi connectivity index (χ2n) is 4.52. The van der Waals surface area contributed by atoms with Gasteiger partial charge in [0.2, 0.25) is 0 Å². The van der Waals surface area contributed by atoms with Crippen molar-refractivity contribution in [2.75, 3.05) is 0 Å². The zero-order valence-electron chi connectivity index (χ0n) is 10.8. The van der Waals surface area contributed by atoms with E-state index in [0.29, 0.717) is 12.4 Å². The Morgan fingerprint density at radius 2 is 2.16 bits per heavy atom. The van der Waals surface area contributed by atoms with Crippen LogP contribution >= 0.6 is 11.6 Å². The van der Waals surface area contributed by atoms with Gasteiger partial charge in [0.05, 0.1) is 23.5 Å². The van der Waals surface area contributed by atoms with Gasteiger partial charge in [-0.1, -0.05) is 12.1 Å². The van der Waals surface area contributed by atoms with E-state index in [1.165, 1.54) is 5.56 Å². The van der Waals surface area contributed by atoms with Crippen LogP contribution in [0.1, 0.15) is 17.2 Å². The summed E-state index contributed by atoms with van der Waals surface area (Å²) < 4.78 is 3.79. The number of nitrogens with zero attached hydrogens (tertiary/aromatic N) is 5. The van der Waals surface area contributed by atoms with Crippen LogP contribution in [0.4, 0.5) is 0 Å². The van der Waals surface area contributed by atoms with Crippen molar-refractivity contribution in [1.82, 2.24) is 24.3 Å². The maximum atomic E-state index is 6.00. The van der Waals surface area contributed by atoms with E-state index in [9.17, 15) is 0 Å². The summed E-state index contributed by atoms with van der Waals surface area (Å²) in [5, 5.41) is 4.31. The number of aryl methyl sites for hydroxylation is 2. The van der Waals surface area contributed by atoms with Gasteiger partial charge in [0.15, 0.2) is 5.82 Å². The smallest absolute Gasteiger partial charge is 0.170 e. The third kappa shape index (κ3) is 2.10. The molecule has 0 amide bonds. The molecule has 2 heterocycles. The van der Waals surface area contributed by atoms with Crippen LogP contribution < -0.4 is 0 Å². The molecule has 3 rings (SSSR count). The summed E-state index contributed by atoms with van der Waals surface area (Å²) in [4.78, 5) is 8.83. The van der Waals surface area contributed by atoms with E-state index >= 15 is 0 Å². The van der Waals surface area contributed by atoms with E-state index in [2.05, 4.69) is 32.6 Å². The third-order valence-electron chi connectivity index (χ3n) is 3.11. The van der Waals surface area contributed by atoms with Crippen LogP contribution in [0, 0.1) is 6.92 Å². The van der Waals surface area contributed by atoms with Gasteiger partial charge in [-0.2, -0.15) is 5.10 Å². The quantitative estimate of drug-likeness (QED) is 0.689. The number of alkyl halides is 1. The lowest BCUT2D eigenvalue weighted by Gasteiger charge is -2.06. The summed E-state index contributed by atoms with van der Waals surface area (Å²) in [5.74, 6) is 1.98. The molecule has 5 nitrogen and oxygen atoms in total. The number of imidazole rings is 1. The van der Waals surface area contributed by atoms with E-state index < -0.39 is 0 Å². The number of halogens is 1. The highest BCUT2D eigenvalue weighted by atomic mass is 35.5. The molecule has 6 heteroatoms. The van der Waals surface area contributed by atoms with Crippen molar-refractivity contribution in [3.8, 4) is 0 Å². The lowest BCUT2D eigenvalue weighted by Crippen LogP contribution is -2.06. The molecule has 19 heavy (non-hydrogen) atoms. The van der Waals surface area contributed by atoms with Crippen molar-refractivity contribution in [2.24, 2.45) is 7.05 Å². The van der Waals surface area contributed by atoms with Crippen molar-refractivity contribution in [2.45, 2.75) is 19.3 Å². The number of aromatic nitrogens is 5. The fourth-order valence-electron chi connectivity index (χ4n) is 2.28. The summed E-state index contributed by atoms with van der Waals surface area (Å²) in [6.07, 6.45) is 1.70. The van der Waals surface area contributed by atoms with Gasteiger partial charge in [0.1, 0.15) is 12.2 Å². The summed E-state index contributed by atoms with van der Waals surface area (Å²) >= 11 is 6.00. The molecular formula is C13H14ClN5. The molecule has 0 bridgehead atoms. The molecule has 0 atom stereocenters. The topological polar surface area (TPSA) is 48.5 Å². The molecule has 0 aliphatic rings. The maximum Gasteiger partial charge on any atom is 0.170 e. The molecule has 3 aromatic rings. The van der Waals surface area contributed by atoms with Crippen LogP contribution in [0.2, 0.25) is 0 Å². The highest BCUT2D eigenvalue weighted by Gasteiger charge is 2.13. The van der Waals surface area contributed by atoms with Crippen LogP contribution in [-0.2, 0) is 19.5 Å². The Balaban J connectivity index is 2.15. The molecule has 2 aromatic heterocycles. The number of fused-ring (bicyclic) bond motifs is 1. The number of hydrogen-bond donors (Lipinski definition) is 0. The molecular weight excluding hydrogens is 262 g/mol. The van der Waals surface area contributed by atoms with Crippen LogP contribution in [0.5, 0.6) is 0 Å². The van der Waals surface area contributed by atoms with E-state index in [4.69, 9.17) is 11.6 Å². The average Bonchev–Trinajstić information content (AvgIpc) is 2.95. The summed E-state index contributed by atoms with van der Waals surface area (Å²) in [6.45, 7) is 2.66. The zero-order valence-corrected chi connectivity index (χ0v) is 11.6. The fourth-order valence-corrected chi connectivity index (χ4v) is 2.49. The molecule has 0 aliphatic heterocycles. The van der Waals surface area contributed by atoms with Crippen molar-refractivity contribution in [3.05, 3.63) is 41.7 Å². The minimum absolute atomic E-state index is 0.376. The molecule has 0 aliphatic carbocycles. The lowest BCUT2D eigenvalue weighted by molar-refractivity contribution is 0.696. The van der Waals surface area contributed by atoms with Crippen molar-refractivity contribution in [3.63, 3.8) is 0 Å². The summed E-state index contributed by atoms with van der Waals surface area (Å²) in [6, 6.07) is 6.08. The standard InChI is InChI=1S/C13H14ClN5/c1-9-4-3-5-10-13(9)19(12(6-14)16-10)7-11-15-8-18(2)17-11/h3-5,8H,6-7H2,1-2H3. The Morgan fingerprint density at radius 1 is 1.32 bits per heavy atom. The first kappa shape index (κ1) is 12.2. The number of benzene rings is 1. The molecule has 0 unspecified atom stereocenters. The predicted molar refractivity (Wildman–Crippen MR) is 74.1 cm³/mol. The Kier molecular flexibility index (Phi) is 2.98. The van der Waals surface area contributed by atoms with Gasteiger partial charge in [-0.15, -0.1) is 11.6 Å². The molecule has 0 fully saturated rings. The minimum Gasteiger partial charge on any atom is -0.319 e. The summed E-state index contributed by atoms with van der Waals surface area (Å²) in [5.41, 5.74) is 3.24. The van der Waals surface area contributed by atoms with Gasteiger partial charge in [-0.3, -0.25) is 4.68 Å². The fraction of sp³-hybridized carbons (Fsp3) is 0.308. The van der Waals surface area contributed by atoms with Gasteiger partial charge >= 0.3 is 0 Å².